The predicted molar refractivity (Wildman–Crippen MR) is 65.1 cm³/mol. The van der Waals surface area contributed by atoms with Crippen molar-refractivity contribution < 1.29 is 19.8 Å². The van der Waals surface area contributed by atoms with E-state index in [2.05, 4.69) is 4.99 Å². The van der Waals surface area contributed by atoms with Crippen LogP contribution in [0.5, 0.6) is 0 Å². The van der Waals surface area contributed by atoms with Crippen molar-refractivity contribution in [3.8, 4) is 0 Å². The maximum Gasteiger partial charge on any atom is 0.356 e. The van der Waals surface area contributed by atoms with E-state index in [1.807, 2.05) is 0 Å². The van der Waals surface area contributed by atoms with E-state index in [0.29, 0.717) is 11.3 Å². The van der Waals surface area contributed by atoms with Crippen LogP contribution in [-0.4, -0.2) is 27.9 Å². The fraction of sp³-hybridized carbons (Fsp3) is 0.0833. The van der Waals surface area contributed by atoms with Crippen LogP contribution in [0.3, 0.4) is 0 Å². The van der Waals surface area contributed by atoms with Gasteiger partial charge in [0.1, 0.15) is 0 Å². The number of nitrogens with zero attached hydrogens (tertiary/aromatic N) is 1. The summed E-state index contributed by atoms with van der Waals surface area (Å²) < 4.78 is 0. The van der Waals surface area contributed by atoms with Crippen LogP contribution in [0.1, 0.15) is 12.5 Å². The van der Waals surface area contributed by atoms with Gasteiger partial charge in [-0.05, 0) is 12.5 Å². The maximum atomic E-state index is 10.9. The van der Waals surface area contributed by atoms with Crippen LogP contribution >= 0.6 is 0 Å². The summed E-state index contributed by atoms with van der Waals surface area (Å²) in [5.74, 6) is -3.00. The van der Waals surface area contributed by atoms with E-state index in [-0.39, 0.29) is 0 Å². The van der Waals surface area contributed by atoms with Gasteiger partial charge in [0.25, 0.3) is 0 Å². The van der Waals surface area contributed by atoms with E-state index >= 15 is 0 Å². The number of rotatable bonds is 4. The van der Waals surface area contributed by atoms with Gasteiger partial charge in [-0.15, -0.1) is 0 Å². The van der Waals surface area contributed by atoms with Crippen molar-refractivity contribution in [1.82, 2.24) is 0 Å². The molecule has 0 saturated heterocycles. The van der Waals surface area contributed by atoms with Crippen molar-refractivity contribution >= 4 is 17.7 Å². The zero-order valence-corrected chi connectivity index (χ0v) is 9.62. The van der Waals surface area contributed by atoms with Crippen LogP contribution in [0.4, 0.5) is 0 Å². The van der Waals surface area contributed by atoms with Gasteiger partial charge in [-0.25, -0.2) is 14.6 Å². The van der Waals surface area contributed by atoms with Crippen LogP contribution in [0.25, 0.3) is 0 Å². The van der Waals surface area contributed by atoms with Gasteiger partial charge in [0, 0.05) is 5.71 Å². The molecule has 18 heavy (non-hydrogen) atoms. The van der Waals surface area contributed by atoms with E-state index < -0.39 is 23.3 Å². The van der Waals surface area contributed by atoms with Crippen LogP contribution in [0.15, 0.2) is 46.7 Å². The van der Waals surface area contributed by atoms with E-state index in [4.69, 9.17) is 15.9 Å². The van der Waals surface area contributed by atoms with Crippen molar-refractivity contribution in [2.75, 3.05) is 0 Å². The predicted octanol–water partition coefficient (Wildman–Crippen LogP) is 0.835. The molecule has 0 amide bonds. The number of nitrogens with two attached hydrogens (primary N) is 1. The number of carboxylic acid groups (broad SMARTS) is 2. The van der Waals surface area contributed by atoms with E-state index in [1.54, 1.807) is 37.3 Å². The van der Waals surface area contributed by atoms with Crippen LogP contribution < -0.4 is 5.73 Å². The van der Waals surface area contributed by atoms with Gasteiger partial charge in [-0.2, -0.15) is 0 Å². The summed E-state index contributed by atoms with van der Waals surface area (Å²) in [7, 11) is 0. The quantitative estimate of drug-likeness (QED) is 0.539. The van der Waals surface area contributed by atoms with Gasteiger partial charge in [0.05, 0.1) is 0 Å². The zero-order chi connectivity index (χ0) is 13.7. The number of hydrogen-bond donors (Lipinski definition) is 3. The first-order valence-electron chi connectivity index (χ1n) is 5.00. The molecule has 94 valence electrons. The summed E-state index contributed by atoms with van der Waals surface area (Å²) >= 11 is 0. The molecule has 4 N–H and O–H groups in total. The molecule has 0 aliphatic rings. The normalized spacial score (nSPS) is 12.8. The Morgan fingerprint density at radius 3 is 2.11 bits per heavy atom. The van der Waals surface area contributed by atoms with Gasteiger partial charge in [0.15, 0.2) is 11.4 Å². The summed E-state index contributed by atoms with van der Waals surface area (Å²) in [6.07, 6.45) is 0. The molecule has 6 nitrogen and oxygen atoms in total. The van der Waals surface area contributed by atoms with Gasteiger partial charge >= 0.3 is 11.9 Å². The zero-order valence-electron chi connectivity index (χ0n) is 9.62. The number of hydrogen-bond acceptors (Lipinski definition) is 4. The molecule has 0 fully saturated rings. The lowest BCUT2D eigenvalue weighted by Gasteiger charge is -2.03. The Bertz CT molecular complexity index is 532. The second kappa shape index (κ2) is 5.62. The Hall–Kier alpha value is -2.63. The lowest BCUT2D eigenvalue weighted by molar-refractivity contribution is -0.136. The summed E-state index contributed by atoms with van der Waals surface area (Å²) in [5.41, 5.74) is 4.77. The molecule has 0 heterocycles. The number of aliphatic carboxylic acids is 2. The SMILES string of the molecule is CC(=N/C(C(=O)O)=C(\N)C(=O)O)c1ccccc1. The molecule has 0 atom stereocenters. The standard InChI is InChI=1S/C12H12N2O4/c1-7(8-5-3-2-4-6-8)14-10(12(17)18)9(13)11(15)16/h2-6H,13H2,1H3,(H,15,16)(H,17,18)/b10-9-,14-7?. The molecular formula is C12H12N2O4. The first-order valence-corrected chi connectivity index (χ1v) is 5.00. The van der Waals surface area contributed by atoms with E-state index in [0.717, 1.165) is 0 Å². The molecular weight excluding hydrogens is 236 g/mol. The van der Waals surface area contributed by atoms with Gasteiger partial charge in [-0.1, -0.05) is 30.3 Å². The second-order valence-electron chi connectivity index (χ2n) is 3.44. The third kappa shape index (κ3) is 3.18. The van der Waals surface area contributed by atoms with Crippen molar-refractivity contribution in [1.29, 1.82) is 0 Å². The van der Waals surface area contributed by atoms with E-state index in [9.17, 15) is 9.59 Å². The molecule has 0 aliphatic heterocycles. The van der Waals surface area contributed by atoms with Gasteiger partial charge in [-0.3, -0.25) is 0 Å². The maximum absolute atomic E-state index is 10.9. The highest BCUT2D eigenvalue weighted by Crippen LogP contribution is 2.08. The van der Waals surface area contributed by atoms with Crippen molar-refractivity contribution in [3.63, 3.8) is 0 Å². The summed E-state index contributed by atoms with van der Waals surface area (Å²) in [6.45, 7) is 1.58. The number of carbonyl (C=O) groups is 2. The molecule has 1 rings (SSSR count). The third-order valence-corrected chi connectivity index (χ3v) is 2.16. The molecule has 6 heteroatoms. The summed E-state index contributed by atoms with van der Waals surface area (Å²) in [5, 5.41) is 17.5. The summed E-state index contributed by atoms with van der Waals surface area (Å²) in [4.78, 5) is 25.3. The molecule has 0 radical (unpaired) electrons. The van der Waals surface area contributed by atoms with Crippen LogP contribution in [0, 0.1) is 0 Å². The largest absolute Gasteiger partial charge is 0.477 e. The Balaban J connectivity index is 3.24. The second-order valence-corrected chi connectivity index (χ2v) is 3.44. The molecule has 1 aromatic rings. The van der Waals surface area contributed by atoms with Crippen LogP contribution in [-0.2, 0) is 9.59 Å². The van der Waals surface area contributed by atoms with Crippen molar-refractivity contribution in [2.24, 2.45) is 10.7 Å². The highest BCUT2D eigenvalue weighted by molar-refractivity contribution is 6.04. The minimum absolute atomic E-state index is 0.372. The average Bonchev–Trinajstić information content (AvgIpc) is 2.35. The molecule has 0 bridgehead atoms. The minimum atomic E-state index is -1.52. The lowest BCUT2D eigenvalue weighted by atomic mass is 10.1. The highest BCUT2D eigenvalue weighted by Gasteiger charge is 2.17. The van der Waals surface area contributed by atoms with E-state index in [1.165, 1.54) is 0 Å². The molecule has 0 aromatic heterocycles. The average molecular weight is 248 g/mol. The molecule has 0 spiro atoms. The monoisotopic (exact) mass is 248 g/mol. The molecule has 0 aliphatic carbocycles. The Morgan fingerprint density at radius 1 is 1.11 bits per heavy atom. The fourth-order valence-corrected chi connectivity index (χ4v) is 1.24. The summed E-state index contributed by atoms with van der Waals surface area (Å²) in [6, 6.07) is 8.79. The Kier molecular flexibility index (Phi) is 4.20. The number of carboxylic acids is 2. The molecule has 1 aromatic carbocycles. The van der Waals surface area contributed by atoms with Gasteiger partial charge in [0.2, 0.25) is 0 Å². The molecule has 0 saturated carbocycles. The Morgan fingerprint density at radius 2 is 1.67 bits per heavy atom. The Labute approximate surface area is 103 Å². The smallest absolute Gasteiger partial charge is 0.356 e. The number of benzene rings is 1. The first-order chi connectivity index (χ1) is 8.43. The van der Waals surface area contributed by atoms with Crippen LogP contribution in [0.2, 0.25) is 0 Å². The molecule has 0 unspecified atom stereocenters. The fourth-order valence-electron chi connectivity index (χ4n) is 1.24. The minimum Gasteiger partial charge on any atom is -0.477 e. The van der Waals surface area contributed by atoms with Crippen molar-refractivity contribution in [2.45, 2.75) is 6.92 Å². The first kappa shape index (κ1) is 13.4. The third-order valence-electron chi connectivity index (χ3n) is 2.16. The van der Waals surface area contributed by atoms with Crippen molar-refractivity contribution in [3.05, 3.63) is 47.3 Å². The lowest BCUT2D eigenvalue weighted by Crippen LogP contribution is -2.17. The highest BCUT2D eigenvalue weighted by atomic mass is 16.4. The number of aliphatic imine (C=N–C) groups is 1. The topological polar surface area (TPSA) is 113 Å². The van der Waals surface area contributed by atoms with Gasteiger partial charge < -0.3 is 15.9 Å².